The molecule has 132 valence electrons. The molecule has 0 heterocycles. The van der Waals surface area contributed by atoms with Gasteiger partial charge >= 0.3 is 155 Å². The molecule has 0 saturated heterocycles. The van der Waals surface area contributed by atoms with Crippen molar-refractivity contribution in [3.8, 4) is 0 Å². The van der Waals surface area contributed by atoms with Crippen LogP contribution in [0.15, 0.2) is 54.6 Å². The van der Waals surface area contributed by atoms with Gasteiger partial charge in [0.05, 0.1) is 0 Å². The summed E-state index contributed by atoms with van der Waals surface area (Å²) >= 11 is 0.253. The Morgan fingerprint density at radius 1 is 1.08 bits per heavy atom. The van der Waals surface area contributed by atoms with Gasteiger partial charge in [-0.2, -0.15) is 0 Å². The average molecular weight is 404 g/mol. The summed E-state index contributed by atoms with van der Waals surface area (Å²) in [5.74, 6) is -0.525. The van der Waals surface area contributed by atoms with Crippen molar-refractivity contribution in [2.45, 2.75) is 31.1 Å². The zero-order valence-electron chi connectivity index (χ0n) is 14.5. The number of aryl methyl sites for hydroxylation is 1. The topological polar surface area (TPSA) is 55.4 Å². The van der Waals surface area contributed by atoms with Crippen molar-refractivity contribution in [1.29, 1.82) is 0 Å². The molecule has 0 bridgehead atoms. The van der Waals surface area contributed by atoms with Crippen LogP contribution in [0.4, 0.5) is 0 Å². The van der Waals surface area contributed by atoms with Crippen LogP contribution in [0.1, 0.15) is 17.5 Å². The van der Waals surface area contributed by atoms with E-state index in [1.165, 1.54) is 17.1 Å². The minimum absolute atomic E-state index is 0.109. The Bertz CT molecular complexity index is 703. The van der Waals surface area contributed by atoms with Crippen LogP contribution < -0.4 is 9.78 Å². The summed E-state index contributed by atoms with van der Waals surface area (Å²) in [6.07, 6.45) is 0.846. The van der Waals surface area contributed by atoms with Crippen LogP contribution in [-0.4, -0.2) is 40.0 Å². The fourth-order valence-corrected chi connectivity index (χ4v) is 4.48. The predicted octanol–water partition coefficient (Wildman–Crippen LogP) is 2.03. The molecule has 0 saturated carbocycles. The zero-order valence-corrected chi connectivity index (χ0v) is 16.2. The van der Waals surface area contributed by atoms with E-state index in [-0.39, 0.29) is 20.9 Å². The van der Waals surface area contributed by atoms with Crippen LogP contribution in [0.25, 0.3) is 0 Å². The van der Waals surface area contributed by atoms with Gasteiger partial charge < -0.3 is 0 Å². The maximum absolute atomic E-state index is 12.2. The van der Waals surface area contributed by atoms with Crippen molar-refractivity contribution in [3.63, 3.8) is 0 Å². The van der Waals surface area contributed by atoms with Crippen molar-refractivity contribution < 1.29 is 14.3 Å². The van der Waals surface area contributed by atoms with E-state index in [0.29, 0.717) is 12.8 Å². The molecular formula is C20H23NO3Se. The average Bonchev–Trinajstić information content (AvgIpc) is 2.63. The molecule has 1 N–H and O–H groups in total. The molecule has 0 unspecified atom stereocenters. The Balaban J connectivity index is 1.86. The van der Waals surface area contributed by atoms with Crippen molar-refractivity contribution in [2.75, 3.05) is 7.11 Å². The predicted molar refractivity (Wildman–Crippen MR) is 100 cm³/mol. The third kappa shape index (κ3) is 6.37. The quantitative estimate of drug-likeness (QED) is 0.541. The Labute approximate surface area is 155 Å². The van der Waals surface area contributed by atoms with Gasteiger partial charge in [-0.1, -0.05) is 0 Å². The van der Waals surface area contributed by atoms with Gasteiger partial charge in [-0.3, -0.25) is 0 Å². The van der Waals surface area contributed by atoms with Crippen molar-refractivity contribution in [1.82, 2.24) is 5.32 Å². The second-order valence-corrected chi connectivity index (χ2v) is 8.08. The van der Waals surface area contributed by atoms with E-state index >= 15 is 0 Å². The second kappa shape index (κ2) is 10.0. The maximum atomic E-state index is 12.2. The number of hydrogen-bond donors (Lipinski definition) is 1. The summed E-state index contributed by atoms with van der Waals surface area (Å²) in [6.45, 7) is 2.09. The third-order valence-electron chi connectivity index (χ3n) is 3.78. The Morgan fingerprint density at radius 2 is 1.76 bits per heavy atom. The van der Waals surface area contributed by atoms with Gasteiger partial charge in [-0.15, -0.1) is 0 Å². The molecule has 1 amide bonds. The van der Waals surface area contributed by atoms with Gasteiger partial charge in [0, 0.05) is 0 Å². The molecule has 0 aromatic heterocycles. The second-order valence-electron chi connectivity index (χ2n) is 5.70. The minimum atomic E-state index is -0.647. The molecule has 0 radical (unpaired) electrons. The SMILES string of the molecule is COC(=O)[C@H](Cc1ccccc1)NC(=O)CC[Se]c1ccccc1C. The Morgan fingerprint density at radius 3 is 2.44 bits per heavy atom. The van der Waals surface area contributed by atoms with E-state index in [9.17, 15) is 9.59 Å². The standard InChI is InChI=1S/C20H23NO3Se/c1-15-8-6-7-11-18(15)25-13-12-19(22)21-17(20(23)24-2)14-16-9-4-3-5-10-16/h3-11,17H,12-14H2,1-2H3,(H,21,22)/t17-/m0/s1. The monoisotopic (exact) mass is 405 g/mol. The summed E-state index contributed by atoms with van der Waals surface area (Å²) in [6, 6.07) is 17.2. The fourth-order valence-electron chi connectivity index (χ4n) is 2.42. The van der Waals surface area contributed by atoms with Gasteiger partial charge in [-0.25, -0.2) is 0 Å². The molecule has 0 spiro atoms. The van der Waals surface area contributed by atoms with Crippen LogP contribution >= 0.6 is 0 Å². The van der Waals surface area contributed by atoms with Crippen LogP contribution in [0.3, 0.4) is 0 Å². The molecule has 1 atom stereocenters. The first kappa shape index (κ1) is 19.2. The molecule has 25 heavy (non-hydrogen) atoms. The zero-order chi connectivity index (χ0) is 18.1. The van der Waals surface area contributed by atoms with E-state index in [0.717, 1.165) is 10.9 Å². The van der Waals surface area contributed by atoms with Gasteiger partial charge in [0.15, 0.2) is 0 Å². The molecule has 0 aliphatic carbocycles. The Hall–Kier alpha value is -2.10. The first-order valence-electron chi connectivity index (χ1n) is 8.19. The van der Waals surface area contributed by atoms with E-state index in [4.69, 9.17) is 4.74 Å². The van der Waals surface area contributed by atoms with Crippen LogP contribution in [0.2, 0.25) is 5.32 Å². The normalized spacial score (nSPS) is 11.6. The number of benzene rings is 2. The molecule has 0 aliphatic rings. The first-order chi connectivity index (χ1) is 12.1. The van der Waals surface area contributed by atoms with Gasteiger partial charge in [0.2, 0.25) is 0 Å². The summed E-state index contributed by atoms with van der Waals surface area (Å²) in [5, 5.41) is 3.62. The number of carbonyl (C=O) groups excluding carboxylic acids is 2. The molecule has 0 fully saturated rings. The van der Waals surface area contributed by atoms with Crippen LogP contribution in [-0.2, 0) is 20.7 Å². The fraction of sp³-hybridized carbons (Fsp3) is 0.300. The molecular weight excluding hydrogens is 381 g/mol. The van der Waals surface area contributed by atoms with Crippen LogP contribution in [0, 0.1) is 6.92 Å². The first-order valence-corrected chi connectivity index (χ1v) is 10.3. The molecule has 4 nitrogen and oxygen atoms in total. The Kier molecular flexibility index (Phi) is 7.71. The van der Waals surface area contributed by atoms with E-state index in [1.54, 1.807) is 0 Å². The summed E-state index contributed by atoms with van der Waals surface area (Å²) in [7, 11) is 1.34. The summed E-state index contributed by atoms with van der Waals surface area (Å²) in [4.78, 5) is 24.2. The van der Waals surface area contributed by atoms with E-state index in [1.807, 2.05) is 42.5 Å². The van der Waals surface area contributed by atoms with Gasteiger partial charge in [0.25, 0.3) is 0 Å². The number of esters is 1. The van der Waals surface area contributed by atoms with Crippen molar-refractivity contribution in [2.24, 2.45) is 0 Å². The van der Waals surface area contributed by atoms with E-state index < -0.39 is 12.0 Å². The number of ether oxygens (including phenoxy) is 1. The summed E-state index contributed by atoms with van der Waals surface area (Å²) < 4.78 is 6.14. The molecule has 5 heteroatoms. The van der Waals surface area contributed by atoms with Crippen molar-refractivity contribution in [3.05, 3.63) is 65.7 Å². The summed E-state index contributed by atoms with van der Waals surface area (Å²) in [5.41, 5.74) is 2.25. The molecule has 2 aromatic rings. The van der Waals surface area contributed by atoms with Crippen molar-refractivity contribution >= 4 is 31.3 Å². The van der Waals surface area contributed by atoms with E-state index in [2.05, 4.69) is 24.4 Å². The number of hydrogen-bond acceptors (Lipinski definition) is 3. The molecule has 2 aromatic carbocycles. The van der Waals surface area contributed by atoms with Crippen LogP contribution in [0.5, 0.6) is 0 Å². The number of methoxy groups -OCH3 is 1. The van der Waals surface area contributed by atoms with Gasteiger partial charge in [-0.05, 0) is 0 Å². The number of nitrogens with one attached hydrogen (secondary N) is 1. The number of carbonyl (C=O) groups is 2. The molecule has 0 aliphatic heterocycles. The molecule has 2 rings (SSSR count). The number of rotatable bonds is 8. The third-order valence-corrected chi connectivity index (χ3v) is 6.25. The number of amides is 1. The van der Waals surface area contributed by atoms with Gasteiger partial charge in [0.1, 0.15) is 0 Å².